The zero-order valence-corrected chi connectivity index (χ0v) is 14.6. The van der Waals surface area contributed by atoms with Gasteiger partial charge in [0.2, 0.25) is 0 Å². The molecule has 4 nitrogen and oxygen atoms in total. The van der Waals surface area contributed by atoms with Gasteiger partial charge in [0.25, 0.3) is 5.91 Å². The molecule has 0 saturated carbocycles. The summed E-state index contributed by atoms with van der Waals surface area (Å²) in [4.78, 5) is 20.8. The van der Waals surface area contributed by atoms with Crippen LogP contribution in [-0.4, -0.2) is 22.4 Å². The SMILES string of the molecule is Cc1ccc(C(=O)NCCc2nc(-c3ccncc3)cs2)cc1C. The number of hydrogen-bond acceptors (Lipinski definition) is 4. The first-order valence-electron chi connectivity index (χ1n) is 7.84. The normalized spacial score (nSPS) is 10.6. The highest BCUT2D eigenvalue weighted by molar-refractivity contribution is 7.09. The Labute approximate surface area is 145 Å². The summed E-state index contributed by atoms with van der Waals surface area (Å²) in [5.41, 5.74) is 5.04. The van der Waals surface area contributed by atoms with Crippen LogP contribution in [0.2, 0.25) is 0 Å². The van der Waals surface area contributed by atoms with Crippen molar-refractivity contribution in [3.8, 4) is 11.3 Å². The lowest BCUT2D eigenvalue weighted by Gasteiger charge is -2.06. The summed E-state index contributed by atoms with van der Waals surface area (Å²) in [6.45, 7) is 4.64. The third-order valence-corrected chi connectivity index (χ3v) is 4.83. The van der Waals surface area contributed by atoms with Crippen LogP contribution in [0.3, 0.4) is 0 Å². The van der Waals surface area contributed by atoms with Crippen molar-refractivity contribution < 1.29 is 4.79 Å². The van der Waals surface area contributed by atoms with Gasteiger partial charge in [-0.1, -0.05) is 6.07 Å². The Morgan fingerprint density at radius 3 is 2.67 bits per heavy atom. The molecule has 1 amide bonds. The van der Waals surface area contributed by atoms with Crippen LogP contribution in [0.15, 0.2) is 48.1 Å². The van der Waals surface area contributed by atoms with E-state index in [4.69, 9.17) is 0 Å². The second kappa shape index (κ2) is 7.36. The molecule has 2 aromatic heterocycles. The first-order valence-corrected chi connectivity index (χ1v) is 8.72. The van der Waals surface area contributed by atoms with E-state index in [1.807, 2.05) is 49.6 Å². The molecule has 0 aliphatic rings. The summed E-state index contributed by atoms with van der Waals surface area (Å²) in [7, 11) is 0. The molecule has 0 atom stereocenters. The lowest BCUT2D eigenvalue weighted by Crippen LogP contribution is -2.25. The predicted octanol–water partition coefficient (Wildman–Crippen LogP) is 3.79. The van der Waals surface area contributed by atoms with E-state index in [1.54, 1.807) is 23.7 Å². The van der Waals surface area contributed by atoms with E-state index in [-0.39, 0.29) is 5.91 Å². The molecular weight excluding hydrogens is 318 g/mol. The molecule has 0 aliphatic carbocycles. The molecule has 0 saturated heterocycles. The van der Waals surface area contributed by atoms with Crippen molar-refractivity contribution in [3.63, 3.8) is 0 Å². The van der Waals surface area contributed by atoms with Crippen LogP contribution >= 0.6 is 11.3 Å². The van der Waals surface area contributed by atoms with E-state index in [2.05, 4.69) is 15.3 Å². The molecule has 0 spiro atoms. The number of rotatable bonds is 5. The fraction of sp³-hybridized carbons (Fsp3) is 0.211. The second-order valence-corrected chi connectivity index (χ2v) is 6.61. The number of nitrogens with zero attached hydrogens (tertiary/aromatic N) is 2. The fourth-order valence-corrected chi connectivity index (χ4v) is 3.16. The van der Waals surface area contributed by atoms with Gasteiger partial charge < -0.3 is 5.32 Å². The smallest absolute Gasteiger partial charge is 0.251 e. The van der Waals surface area contributed by atoms with Gasteiger partial charge in [0.15, 0.2) is 0 Å². The van der Waals surface area contributed by atoms with Crippen molar-refractivity contribution in [3.05, 3.63) is 69.8 Å². The summed E-state index contributed by atoms with van der Waals surface area (Å²) < 4.78 is 0. The van der Waals surface area contributed by atoms with E-state index in [1.165, 1.54) is 5.56 Å². The van der Waals surface area contributed by atoms with E-state index < -0.39 is 0 Å². The topological polar surface area (TPSA) is 54.9 Å². The minimum absolute atomic E-state index is 0.0380. The van der Waals surface area contributed by atoms with Gasteiger partial charge in [-0.05, 0) is 49.2 Å². The van der Waals surface area contributed by atoms with Crippen molar-refractivity contribution in [1.29, 1.82) is 0 Å². The highest BCUT2D eigenvalue weighted by Gasteiger charge is 2.08. The summed E-state index contributed by atoms with van der Waals surface area (Å²) in [5.74, 6) is -0.0380. The second-order valence-electron chi connectivity index (χ2n) is 5.67. The molecule has 24 heavy (non-hydrogen) atoms. The third kappa shape index (κ3) is 3.86. The number of benzene rings is 1. The Morgan fingerprint density at radius 2 is 1.92 bits per heavy atom. The van der Waals surface area contributed by atoms with Crippen molar-refractivity contribution in [2.75, 3.05) is 6.54 Å². The zero-order chi connectivity index (χ0) is 16.9. The molecular formula is C19H19N3OS. The van der Waals surface area contributed by atoms with E-state index >= 15 is 0 Å². The van der Waals surface area contributed by atoms with Gasteiger partial charge in [-0.25, -0.2) is 4.98 Å². The molecule has 1 aromatic carbocycles. The molecule has 122 valence electrons. The van der Waals surface area contributed by atoms with Crippen LogP contribution in [0, 0.1) is 13.8 Å². The predicted molar refractivity (Wildman–Crippen MR) is 97.3 cm³/mol. The largest absolute Gasteiger partial charge is 0.352 e. The molecule has 1 N–H and O–H groups in total. The molecule has 0 unspecified atom stereocenters. The number of carbonyl (C=O) groups excluding carboxylic acids is 1. The van der Waals surface area contributed by atoms with Gasteiger partial charge in [-0.2, -0.15) is 0 Å². The van der Waals surface area contributed by atoms with Gasteiger partial charge in [0.05, 0.1) is 10.7 Å². The van der Waals surface area contributed by atoms with E-state index in [9.17, 15) is 4.79 Å². The molecule has 2 heterocycles. The van der Waals surface area contributed by atoms with Gasteiger partial charge >= 0.3 is 0 Å². The van der Waals surface area contributed by atoms with Crippen LogP contribution in [0.1, 0.15) is 26.5 Å². The first kappa shape index (κ1) is 16.3. The molecule has 0 radical (unpaired) electrons. The molecule has 0 bridgehead atoms. The number of thiazole rings is 1. The van der Waals surface area contributed by atoms with Crippen molar-refractivity contribution >= 4 is 17.2 Å². The van der Waals surface area contributed by atoms with E-state index in [0.29, 0.717) is 12.1 Å². The van der Waals surface area contributed by atoms with Gasteiger partial charge in [0, 0.05) is 41.9 Å². The number of amides is 1. The maximum atomic E-state index is 12.2. The van der Waals surface area contributed by atoms with Crippen LogP contribution in [-0.2, 0) is 6.42 Å². The highest BCUT2D eigenvalue weighted by Crippen LogP contribution is 2.21. The Bertz CT molecular complexity index is 843. The maximum absolute atomic E-state index is 12.2. The van der Waals surface area contributed by atoms with Crippen LogP contribution in [0.4, 0.5) is 0 Å². The number of nitrogens with one attached hydrogen (secondary N) is 1. The number of aromatic nitrogens is 2. The Hall–Kier alpha value is -2.53. The standard InChI is InChI=1S/C19H19N3OS/c1-13-3-4-16(11-14(13)2)19(23)21-10-7-18-22-17(12-24-18)15-5-8-20-9-6-15/h3-6,8-9,11-12H,7,10H2,1-2H3,(H,21,23). The lowest BCUT2D eigenvalue weighted by atomic mass is 10.1. The third-order valence-electron chi connectivity index (χ3n) is 3.92. The summed E-state index contributed by atoms with van der Waals surface area (Å²) in [5, 5.41) is 6.01. The number of pyridine rings is 1. The van der Waals surface area contributed by atoms with Crippen LogP contribution < -0.4 is 5.32 Å². The Kier molecular flexibility index (Phi) is 5.01. The van der Waals surface area contributed by atoms with Crippen LogP contribution in [0.5, 0.6) is 0 Å². The van der Waals surface area contributed by atoms with Crippen molar-refractivity contribution in [2.45, 2.75) is 20.3 Å². The van der Waals surface area contributed by atoms with E-state index in [0.717, 1.165) is 28.2 Å². The minimum Gasteiger partial charge on any atom is -0.352 e. The fourth-order valence-electron chi connectivity index (χ4n) is 2.35. The summed E-state index contributed by atoms with van der Waals surface area (Å²) >= 11 is 1.61. The summed E-state index contributed by atoms with van der Waals surface area (Å²) in [6.07, 6.45) is 4.25. The number of carbonyl (C=O) groups is 1. The number of aryl methyl sites for hydroxylation is 2. The summed E-state index contributed by atoms with van der Waals surface area (Å²) in [6, 6.07) is 9.66. The quantitative estimate of drug-likeness (QED) is 0.770. The maximum Gasteiger partial charge on any atom is 0.251 e. The van der Waals surface area contributed by atoms with Gasteiger partial charge in [0.1, 0.15) is 0 Å². The van der Waals surface area contributed by atoms with Crippen LogP contribution in [0.25, 0.3) is 11.3 Å². The lowest BCUT2D eigenvalue weighted by molar-refractivity contribution is 0.0954. The van der Waals surface area contributed by atoms with Gasteiger partial charge in [-0.3, -0.25) is 9.78 Å². The highest BCUT2D eigenvalue weighted by atomic mass is 32.1. The minimum atomic E-state index is -0.0380. The van der Waals surface area contributed by atoms with Crippen molar-refractivity contribution in [2.24, 2.45) is 0 Å². The molecule has 0 fully saturated rings. The molecule has 3 aromatic rings. The van der Waals surface area contributed by atoms with Gasteiger partial charge in [-0.15, -0.1) is 11.3 Å². The Balaban J connectivity index is 1.56. The molecule has 3 rings (SSSR count). The monoisotopic (exact) mass is 337 g/mol. The Morgan fingerprint density at radius 1 is 1.12 bits per heavy atom. The first-order chi connectivity index (χ1) is 11.6. The number of hydrogen-bond donors (Lipinski definition) is 1. The average molecular weight is 337 g/mol. The average Bonchev–Trinajstić information content (AvgIpc) is 3.07. The molecule has 0 aliphatic heterocycles. The zero-order valence-electron chi connectivity index (χ0n) is 13.7. The molecule has 5 heteroatoms. The van der Waals surface area contributed by atoms with Crippen molar-refractivity contribution in [1.82, 2.24) is 15.3 Å².